The maximum absolute atomic E-state index is 11.8. The highest BCUT2D eigenvalue weighted by atomic mass is 35.5. The Kier molecular flexibility index (Phi) is 5.45. The van der Waals surface area contributed by atoms with Crippen molar-refractivity contribution in [3.8, 4) is 0 Å². The van der Waals surface area contributed by atoms with Crippen molar-refractivity contribution in [2.45, 2.75) is 12.8 Å². The lowest BCUT2D eigenvalue weighted by Crippen LogP contribution is -2.21. The number of hydrogen-bond acceptors (Lipinski definition) is 4. The van der Waals surface area contributed by atoms with Gasteiger partial charge in [0, 0.05) is 13.2 Å². The van der Waals surface area contributed by atoms with Crippen LogP contribution < -0.4 is 0 Å². The third-order valence-corrected chi connectivity index (χ3v) is 4.37. The van der Waals surface area contributed by atoms with Gasteiger partial charge >= 0.3 is 0 Å². The zero-order valence-electron chi connectivity index (χ0n) is 9.79. The van der Waals surface area contributed by atoms with Gasteiger partial charge in [-0.25, -0.2) is 0 Å². The molecule has 0 N–H and O–H groups in total. The Morgan fingerprint density at radius 3 is 2.78 bits per heavy atom. The molecule has 0 aliphatic carbocycles. The molecule has 2 rings (SSSR count). The summed E-state index contributed by atoms with van der Waals surface area (Å²) in [4.78, 5) is 11.8. The highest BCUT2D eigenvalue weighted by Crippen LogP contribution is 2.31. The average molecular weight is 309 g/mol. The highest BCUT2D eigenvalue weighted by molar-refractivity contribution is 7.20. The lowest BCUT2D eigenvalue weighted by Gasteiger charge is -2.21. The van der Waals surface area contributed by atoms with E-state index in [0.717, 1.165) is 26.1 Å². The first-order valence-corrected chi connectivity index (χ1v) is 7.37. The van der Waals surface area contributed by atoms with Crippen molar-refractivity contribution >= 4 is 40.3 Å². The second kappa shape index (κ2) is 6.87. The minimum atomic E-state index is -0.116. The standard InChI is InChI=1S/C12H14Cl2O3S/c13-11-5-9(12(14)18-11)10(15)7-17-6-8-1-3-16-4-2-8/h5,8H,1-4,6-7H2. The Bertz CT molecular complexity index is 413. The van der Waals surface area contributed by atoms with E-state index in [9.17, 15) is 4.79 Å². The second-order valence-electron chi connectivity index (χ2n) is 4.23. The highest BCUT2D eigenvalue weighted by Gasteiger charge is 2.17. The summed E-state index contributed by atoms with van der Waals surface area (Å²) in [7, 11) is 0. The summed E-state index contributed by atoms with van der Waals surface area (Å²) in [5, 5.41) is 0. The number of hydrogen-bond donors (Lipinski definition) is 0. The van der Waals surface area contributed by atoms with E-state index in [0.29, 0.717) is 26.8 Å². The van der Waals surface area contributed by atoms with Crippen LogP contribution >= 0.6 is 34.5 Å². The Hall–Kier alpha value is -0.130. The van der Waals surface area contributed by atoms with Gasteiger partial charge in [-0.2, -0.15) is 0 Å². The first-order valence-electron chi connectivity index (χ1n) is 5.80. The van der Waals surface area contributed by atoms with Crippen molar-refractivity contribution in [2.24, 2.45) is 5.92 Å². The monoisotopic (exact) mass is 308 g/mol. The summed E-state index contributed by atoms with van der Waals surface area (Å²) in [6.07, 6.45) is 2.00. The quantitative estimate of drug-likeness (QED) is 0.778. The minimum absolute atomic E-state index is 0.0597. The van der Waals surface area contributed by atoms with Gasteiger partial charge in [0.05, 0.1) is 16.5 Å². The molecule has 0 bridgehead atoms. The van der Waals surface area contributed by atoms with E-state index >= 15 is 0 Å². The molecule has 0 atom stereocenters. The summed E-state index contributed by atoms with van der Waals surface area (Å²) < 4.78 is 11.7. The molecule has 1 fully saturated rings. The number of Topliss-reactive ketones (excluding diaryl/α,β-unsaturated/α-hetero) is 1. The van der Waals surface area contributed by atoms with Crippen LogP contribution in [-0.2, 0) is 9.47 Å². The fourth-order valence-corrected chi connectivity index (χ4v) is 3.34. The maximum Gasteiger partial charge on any atom is 0.190 e. The van der Waals surface area contributed by atoms with E-state index in [1.807, 2.05) is 0 Å². The van der Waals surface area contributed by atoms with E-state index < -0.39 is 0 Å². The maximum atomic E-state index is 11.8. The van der Waals surface area contributed by atoms with E-state index in [-0.39, 0.29) is 12.4 Å². The van der Waals surface area contributed by atoms with Crippen molar-refractivity contribution in [3.05, 3.63) is 20.3 Å². The lowest BCUT2D eigenvalue weighted by molar-refractivity contribution is 0.0217. The van der Waals surface area contributed by atoms with Crippen molar-refractivity contribution in [1.29, 1.82) is 0 Å². The fraction of sp³-hybridized carbons (Fsp3) is 0.583. The summed E-state index contributed by atoms with van der Waals surface area (Å²) in [5.41, 5.74) is 0.457. The summed E-state index contributed by atoms with van der Waals surface area (Å²) in [5.74, 6) is 0.378. The molecule has 6 heteroatoms. The largest absolute Gasteiger partial charge is 0.381 e. The number of rotatable bonds is 5. The second-order valence-corrected chi connectivity index (χ2v) is 6.52. The van der Waals surface area contributed by atoms with Crippen LogP contribution in [0.5, 0.6) is 0 Å². The molecule has 0 unspecified atom stereocenters. The molecular weight excluding hydrogens is 295 g/mol. The molecule has 1 aromatic heterocycles. The molecule has 100 valence electrons. The summed E-state index contributed by atoms with van der Waals surface area (Å²) in [6.45, 7) is 2.23. The Balaban J connectivity index is 1.76. The number of thiophene rings is 1. The molecule has 2 heterocycles. The summed E-state index contributed by atoms with van der Waals surface area (Å²) in [6, 6.07) is 1.59. The van der Waals surface area contributed by atoms with Crippen LogP contribution in [-0.4, -0.2) is 32.2 Å². The molecule has 1 aliphatic rings. The van der Waals surface area contributed by atoms with Gasteiger partial charge in [0.25, 0.3) is 0 Å². The van der Waals surface area contributed by atoms with Crippen molar-refractivity contribution < 1.29 is 14.3 Å². The number of carbonyl (C=O) groups is 1. The molecule has 0 amide bonds. The normalized spacial score (nSPS) is 17.0. The van der Waals surface area contributed by atoms with Gasteiger partial charge in [0.2, 0.25) is 0 Å². The number of ether oxygens (including phenoxy) is 2. The lowest BCUT2D eigenvalue weighted by atomic mass is 10.0. The van der Waals surface area contributed by atoms with Crippen LogP contribution in [0.1, 0.15) is 23.2 Å². The third kappa shape index (κ3) is 3.93. The van der Waals surface area contributed by atoms with E-state index in [2.05, 4.69) is 0 Å². The Morgan fingerprint density at radius 2 is 2.17 bits per heavy atom. The predicted molar refractivity (Wildman–Crippen MR) is 73.0 cm³/mol. The molecule has 0 saturated carbocycles. The molecule has 0 radical (unpaired) electrons. The zero-order chi connectivity index (χ0) is 13.0. The van der Waals surface area contributed by atoms with Gasteiger partial charge in [0.1, 0.15) is 10.9 Å². The van der Waals surface area contributed by atoms with Crippen molar-refractivity contribution in [3.63, 3.8) is 0 Å². The first-order chi connectivity index (χ1) is 8.66. The summed E-state index contributed by atoms with van der Waals surface area (Å²) >= 11 is 12.9. The van der Waals surface area contributed by atoms with Gasteiger partial charge in [-0.15, -0.1) is 11.3 Å². The molecular formula is C12H14Cl2O3S. The fourth-order valence-electron chi connectivity index (χ4n) is 1.84. The van der Waals surface area contributed by atoms with E-state index in [4.69, 9.17) is 32.7 Å². The topological polar surface area (TPSA) is 35.5 Å². The van der Waals surface area contributed by atoms with Crippen LogP contribution in [0.25, 0.3) is 0 Å². The van der Waals surface area contributed by atoms with Gasteiger partial charge < -0.3 is 9.47 Å². The van der Waals surface area contributed by atoms with Crippen molar-refractivity contribution in [1.82, 2.24) is 0 Å². The predicted octanol–water partition coefficient (Wildman–Crippen LogP) is 3.68. The van der Waals surface area contributed by atoms with Crippen LogP contribution in [0.15, 0.2) is 6.07 Å². The molecule has 0 spiro atoms. The van der Waals surface area contributed by atoms with E-state index in [1.54, 1.807) is 6.07 Å². The van der Waals surface area contributed by atoms with Gasteiger partial charge in [-0.1, -0.05) is 23.2 Å². The minimum Gasteiger partial charge on any atom is -0.381 e. The first kappa shape index (κ1) is 14.3. The smallest absolute Gasteiger partial charge is 0.190 e. The average Bonchev–Trinajstić information content (AvgIpc) is 2.70. The Morgan fingerprint density at radius 1 is 1.44 bits per heavy atom. The van der Waals surface area contributed by atoms with Gasteiger partial charge in [-0.3, -0.25) is 4.79 Å². The van der Waals surface area contributed by atoms with Gasteiger partial charge in [-0.05, 0) is 24.8 Å². The SMILES string of the molecule is O=C(COCC1CCOCC1)c1cc(Cl)sc1Cl. The molecule has 1 aliphatic heterocycles. The number of carbonyl (C=O) groups excluding carboxylic acids is 1. The number of ketones is 1. The van der Waals surface area contributed by atoms with E-state index in [1.165, 1.54) is 11.3 Å². The van der Waals surface area contributed by atoms with Crippen LogP contribution in [0.2, 0.25) is 8.67 Å². The molecule has 3 nitrogen and oxygen atoms in total. The molecule has 1 aromatic rings. The van der Waals surface area contributed by atoms with Gasteiger partial charge in [0.15, 0.2) is 5.78 Å². The molecule has 0 aromatic carbocycles. The van der Waals surface area contributed by atoms with Crippen LogP contribution in [0.4, 0.5) is 0 Å². The third-order valence-electron chi connectivity index (χ3n) is 2.88. The molecule has 1 saturated heterocycles. The molecule has 18 heavy (non-hydrogen) atoms. The van der Waals surface area contributed by atoms with Crippen molar-refractivity contribution in [2.75, 3.05) is 26.4 Å². The zero-order valence-corrected chi connectivity index (χ0v) is 12.1. The number of halogens is 2. The van der Waals surface area contributed by atoms with Crippen LogP contribution in [0.3, 0.4) is 0 Å². The van der Waals surface area contributed by atoms with Crippen LogP contribution in [0, 0.1) is 5.92 Å². The Labute approximate surface area is 120 Å².